The molecule has 0 unspecified atom stereocenters. The van der Waals surface area contributed by atoms with Crippen LogP contribution < -0.4 is 5.32 Å². The number of H-pyrrole nitrogens is 1. The highest BCUT2D eigenvalue weighted by Gasteiger charge is 2.31. The molecule has 0 saturated heterocycles. The number of hydrogen-bond acceptors (Lipinski definition) is 4. The number of carbonyl (C=O) groups excluding carboxylic acids is 1. The van der Waals surface area contributed by atoms with E-state index in [0.717, 1.165) is 58.0 Å². The lowest BCUT2D eigenvalue weighted by Crippen LogP contribution is -2.15. The van der Waals surface area contributed by atoms with Gasteiger partial charge in [-0.2, -0.15) is 0 Å². The highest BCUT2D eigenvalue weighted by molar-refractivity contribution is 7.99. The van der Waals surface area contributed by atoms with Crippen molar-refractivity contribution in [2.45, 2.75) is 37.4 Å². The molecule has 30 heavy (non-hydrogen) atoms. The van der Waals surface area contributed by atoms with Crippen LogP contribution >= 0.6 is 11.8 Å². The number of para-hydroxylation sites is 2. The third-order valence-corrected chi connectivity index (χ3v) is 6.35. The Kier molecular flexibility index (Phi) is 5.04. The third-order valence-electron chi connectivity index (χ3n) is 5.41. The Morgan fingerprint density at radius 2 is 1.97 bits per heavy atom. The molecule has 4 aromatic rings. The van der Waals surface area contributed by atoms with Crippen molar-refractivity contribution in [2.24, 2.45) is 0 Å². The maximum absolute atomic E-state index is 12.6. The summed E-state index contributed by atoms with van der Waals surface area (Å²) < 4.78 is 2.20. The number of aromatic nitrogens is 4. The number of nitrogens with zero attached hydrogens (tertiary/aromatic N) is 3. The number of aromatic amines is 1. The predicted molar refractivity (Wildman–Crippen MR) is 121 cm³/mol. The average molecular weight is 418 g/mol. The maximum Gasteiger partial charge on any atom is 0.234 e. The summed E-state index contributed by atoms with van der Waals surface area (Å²) in [5.74, 6) is 1.14. The number of amides is 1. The normalized spacial score (nSPS) is 13.6. The lowest BCUT2D eigenvalue weighted by atomic mass is 10.1. The molecule has 5 rings (SSSR count). The zero-order valence-electron chi connectivity index (χ0n) is 16.8. The first-order valence-corrected chi connectivity index (χ1v) is 11.2. The van der Waals surface area contributed by atoms with Crippen LogP contribution in [-0.2, 0) is 11.2 Å². The number of aryl methyl sites for hydroxylation is 1. The van der Waals surface area contributed by atoms with Gasteiger partial charge in [0.25, 0.3) is 0 Å². The Labute approximate surface area is 179 Å². The molecule has 1 aliphatic carbocycles. The molecule has 0 bridgehead atoms. The van der Waals surface area contributed by atoms with Crippen LogP contribution in [0.3, 0.4) is 0 Å². The fourth-order valence-corrected chi connectivity index (χ4v) is 4.55. The molecule has 0 radical (unpaired) electrons. The van der Waals surface area contributed by atoms with Gasteiger partial charge in [0.05, 0.1) is 5.75 Å². The lowest BCUT2D eigenvalue weighted by molar-refractivity contribution is -0.113. The van der Waals surface area contributed by atoms with E-state index in [1.54, 1.807) is 0 Å². The van der Waals surface area contributed by atoms with Gasteiger partial charge in [-0.05, 0) is 37.0 Å². The Hall–Kier alpha value is -3.06. The molecule has 2 N–H and O–H groups in total. The summed E-state index contributed by atoms with van der Waals surface area (Å²) in [5, 5.41) is 13.9. The largest absolute Gasteiger partial charge is 0.360 e. The number of benzene rings is 2. The molecule has 2 aromatic carbocycles. The van der Waals surface area contributed by atoms with Gasteiger partial charge in [0.2, 0.25) is 5.91 Å². The van der Waals surface area contributed by atoms with E-state index in [1.165, 1.54) is 11.8 Å². The van der Waals surface area contributed by atoms with Gasteiger partial charge in [-0.1, -0.05) is 55.1 Å². The van der Waals surface area contributed by atoms with Crippen LogP contribution in [0, 0.1) is 0 Å². The average Bonchev–Trinajstić information content (AvgIpc) is 3.38. The number of rotatable bonds is 7. The van der Waals surface area contributed by atoms with Gasteiger partial charge in [0, 0.05) is 34.4 Å². The number of carbonyl (C=O) groups is 1. The molecule has 1 saturated carbocycles. The van der Waals surface area contributed by atoms with Crippen molar-refractivity contribution >= 4 is 34.3 Å². The first-order valence-electron chi connectivity index (χ1n) is 10.3. The molecule has 1 amide bonds. The van der Waals surface area contributed by atoms with Crippen LogP contribution in [0.25, 0.3) is 22.3 Å². The minimum absolute atomic E-state index is 0.0279. The van der Waals surface area contributed by atoms with Crippen molar-refractivity contribution in [3.63, 3.8) is 0 Å². The number of hydrogen-bond donors (Lipinski definition) is 2. The van der Waals surface area contributed by atoms with E-state index in [1.807, 2.05) is 42.6 Å². The van der Waals surface area contributed by atoms with Crippen LogP contribution in [0.2, 0.25) is 0 Å². The summed E-state index contributed by atoms with van der Waals surface area (Å²) in [6.07, 6.45) is 5.12. The number of thioether (sulfide) groups is 1. The molecule has 1 aliphatic rings. The van der Waals surface area contributed by atoms with Crippen LogP contribution in [0.15, 0.2) is 59.9 Å². The van der Waals surface area contributed by atoms with E-state index in [9.17, 15) is 4.79 Å². The highest BCUT2D eigenvalue weighted by Crippen LogP contribution is 2.42. The fraction of sp³-hybridized carbons (Fsp3) is 0.261. The van der Waals surface area contributed by atoms with Crippen molar-refractivity contribution in [1.82, 2.24) is 19.7 Å². The summed E-state index contributed by atoms with van der Waals surface area (Å²) in [4.78, 5) is 15.9. The molecular formula is C23H23N5OS. The van der Waals surface area contributed by atoms with Crippen molar-refractivity contribution in [3.8, 4) is 11.4 Å². The second kappa shape index (κ2) is 7.99. The topological polar surface area (TPSA) is 75.6 Å². The minimum Gasteiger partial charge on any atom is -0.360 e. The Balaban J connectivity index is 1.36. The van der Waals surface area contributed by atoms with Gasteiger partial charge in [0.15, 0.2) is 11.0 Å². The van der Waals surface area contributed by atoms with Gasteiger partial charge < -0.3 is 10.3 Å². The molecule has 0 spiro atoms. The number of anilines is 1. The van der Waals surface area contributed by atoms with Gasteiger partial charge in [0.1, 0.15) is 0 Å². The van der Waals surface area contributed by atoms with Crippen molar-refractivity contribution in [3.05, 3.63) is 60.3 Å². The van der Waals surface area contributed by atoms with E-state index in [0.29, 0.717) is 11.8 Å². The zero-order chi connectivity index (χ0) is 20.5. The Morgan fingerprint density at radius 3 is 2.80 bits per heavy atom. The van der Waals surface area contributed by atoms with E-state index in [4.69, 9.17) is 0 Å². The van der Waals surface area contributed by atoms with Gasteiger partial charge in [-0.25, -0.2) is 0 Å². The molecule has 0 atom stereocenters. The summed E-state index contributed by atoms with van der Waals surface area (Å²) in [5.41, 5.74) is 4.16. The molecule has 2 heterocycles. The monoisotopic (exact) mass is 417 g/mol. The fourth-order valence-electron chi connectivity index (χ4n) is 3.74. The van der Waals surface area contributed by atoms with Crippen LogP contribution in [0.4, 0.5) is 5.69 Å². The molecule has 152 valence electrons. The molecule has 0 aliphatic heterocycles. The molecule has 2 aromatic heterocycles. The second-order valence-electron chi connectivity index (χ2n) is 7.50. The van der Waals surface area contributed by atoms with Crippen LogP contribution in [0.5, 0.6) is 0 Å². The van der Waals surface area contributed by atoms with E-state index < -0.39 is 0 Å². The summed E-state index contributed by atoms with van der Waals surface area (Å²) in [6, 6.07) is 16.5. The molecule has 1 fully saturated rings. The molecular weight excluding hydrogens is 394 g/mol. The van der Waals surface area contributed by atoms with Crippen LogP contribution in [0.1, 0.15) is 31.4 Å². The van der Waals surface area contributed by atoms with E-state index in [2.05, 4.69) is 44.1 Å². The third kappa shape index (κ3) is 3.61. The van der Waals surface area contributed by atoms with Crippen LogP contribution in [-0.4, -0.2) is 31.4 Å². The van der Waals surface area contributed by atoms with E-state index >= 15 is 0 Å². The SMILES string of the molecule is CCc1ccccc1NC(=O)CSc1nnc(-c2c[nH]c3ccccc23)n1C1CC1. The van der Waals surface area contributed by atoms with Crippen molar-refractivity contribution in [2.75, 3.05) is 11.1 Å². The smallest absolute Gasteiger partial charge is 0.234 e. The number of fused-ring (bicyclic) bond motifs is 1. The minimum atomic E-state index is -0.0279. The standard InChI is InChI=1S/C23H23N5OS/c1-2-15-7-3-5-9-19(15)25-21(29)14-30-23-27-26-22(28(23)16-11-12-16)18-13-24-20-10-6-4-8-17(18)20/h3-10,13,16,24H,2,11-12,14H2,1H3,(H,25,29). The van der Waals surface area contributed by atoms with Gasteiger partial charge in [-0.3, -0.25) is 9.36 Å². The maximum atomic E-state index is 12.6. The van der Waals surface area contributed by atoms with Crippen molar-refractivity contribution < 1.29 is 4.79 Å². The number of nitrogens with one attached hydrogen (secondary N) is 2. The zero-order valence-corrected chi connectivity index (χ0v) is 17.6. The first-order chi connectivity index (χ1) is 14.7. The first kappa shape index (κ1) is 18.9. The Morgan fingerprint density at radius 1 is 1.17 bits per heavy atom. The Bertz CT molecular complexity index is 1210. The van der Waals surface area contributed by atoms with E-state index in [-0.39, 0.29) is 5.91 Å². The lowest BCUT2D eigenvalue weighted by Gasteiger charge is -2.10. The van der Waals surface area contributed by atoms with Gasteiger partial charge >= 0.3 is 0 Å². The molecule has 7 heteroatoms. The predicted octanol–water partition coefficient (Wildman–Crippen LogP) is 5.05. The van der Waals surface area contributed by atoms with Crippen molar-refractivity contribution in [1.29, 1.82) is 0 Å². The summed E-state index contributed by atoms with van der Waals surface area (Å²) in [6.45, 7) is 2.09. The molecule has 6 nitrogen and oxygen atoms in total. The summed E-state index contributed by atoms with van der Waals surface area (Å²) >= 11 is 1.45. The highest BCUT2D eigenvalue weighted by atomic mass is 32.2. The van der Waals surface area contributed by atoms with Gasteiger partial charge in [-0.15, -0.1) is 10.2 Å². The summed E-state index contributed by atoms with van der Waals surface area (Å²) in [7, 11) is 0. The second-order valence-corrected chi connectivity index (χ2v) is 8.45. The quantitative estimate of drug-likeness (QED) is 0.412.